The Morgan fingerprint density at radius 2 is 1.66 bits per heavy atom. The Hall–Kier alpha value is -6.11. The molecule has 2 aromatic heterocycles. The van der Waals surface area contributed by atoms with Gasteiger partial charge in [0.05, 0.1) is 62.2 Å². The van der Waals surface area contributed by atoms with E-state index in [1.807, 2.05) is 0 Å². The second-order valence-electron chi connectivity index (χ2n) is 13.1. The van der Waals surface area contributed by atoms with Gasteiger partial charge in [-0.1, -0.05) is 24.8 Å². The number of methoxy groups -OCH3 is 1. The molecule has 1 aromatic carbocycles. The lowest BCUT2D eigenvalue weighted by Crippen LogP contribution is -2.50. The number of fused-ring (bicyclic) bond motifs is 2. The fraction of sp³-hybridized carbons (Fsp3) is 0.395. The lowest BCUT2D eigenvalue weighted by atomic mass is 10.1. The molecule has 0 aliphatic carbocycles. The second-order valence-corrected chi connectivity index (χ2v) is 13.1. The van der Waals surface area contributed by atoms with Crippen molar-refractivity contribution in [2.75, 3.05) is 68.8 Å². The summed E-state index contributed by atoms with van der Waals surface area (Å²) >= 11 is 0. The van der Waals surface area contributed by atoms with Crippen LogP contribution in [0.5, 0.6) is 11.5 Å². The number of carbonyl (C=O) groups is 5. The Morgan fingerprint density at radius 3 is 2.34 bits per heavy atom. The molecule has 18 nitrogen and oxygen atoms in total. The number of hydrogen-bond donors (Lipinski definition) is 5. The Bertz CT molecular complexity index is 1990. The summed E-state index contributed by atoms with van der Waals surface area (Å²) in [6.45, 7) is 8.24. The topological polar surface area (TPSA) is 215 Å². The van der Waals surface area contributed by atoms with Gasteiger partial charge in [-0.3, -0.25) is 19.2 Å². The quantitative estimate of drug-likeness (QED) is 0.0991. The first-order valence-electron chi connectivity index (χ1n) is 17.8. The minimum Gasteiger partial charge on any atom is -0.493 e. The molecule has 4 heterocycles. The van der Waals surface area contributed by atoms with E-state index in [0.29, 0.717) is 23.5 Å². The molecule has 3 aromatic rings. The highest BCUT2D eigenvalue weighted by Crippen LogP contribution is 2.42. The van der Waals surface area contributed by atoms with E-state index >= 15 is 0 Å². The van der Waals surface area contributed by atoms with Gasteiger partial charge in [0.25, 0.3) is 17.7 Å². The summed E-state index contributed by atoms with van der Waals surface area (Å²) in [5.41, 5.74) is 2.27. The predicted octanol–water partition coefficient (Wildman–Crippen LogP) is 2.39. The largest absolute Gasteiger partial charge is 0.493 e. The van der Waals surface area contributed by atoms with Crippen molar-refractivity contribution in [3.05, 3.63) is 78.4 Å². The van der Waals surface area contributed by atoms with Crippen molar-refractivity contribution < 1.29 is 53.1 Å². The first-order chi connectivity index (χ1) is 26.9. The molecule has 0 radical (unpaired) electrons. The van der Waals surface area contributed by atoms with Crippen LogP contribution in [0.15, 0.2) is 61.5 Å². The van der Waals surface area contributed by atoms with Crippen molar-refractivity contribution in [2.45, 2.75) is 31.5 Å². The second kappa shape index (κ2) is 18.5. The number of aliphatic hydroxyl groups is 2. The molecule has 2 aliphatic heterocycles. The van der Waals surface area contributed by atoms with E-state index in [0.717, 1.165) is 10.5 Å². The van der Waals surface area contributed by atoms with Gasteiger partial charge < -0.3 is 59.1 Å². The Labute approximate surface area is 323 Å². The maximum absolute atomic E-state index is 13.7. The summed E-state index contributed by atoms with van der Waals surface area (Å²) in [6, 6.07) is 5.19. The third-order valence-electron chi connectivity index (χ3n) is 9.05. The maximum Gasteiger partial charge on any atom is 0.416 e. The van der Waals surface area contributed by atoms with Crippen molar-refractivity contribution in [2.24, 2.45) is 14.1 Å². The summed E-state index contributed by atoms with van der Waals surface area (Å²) < 4.78 is 25.0. The monoisotopic (exact) mass is 777 g/mol. The molecule has 0 saturated carbocycles. The van der Waals surface area contributed by atoms with Gasteiger partial charge in [0, 0.05) is 52.1 Å². The van der Waals surface area contributed by atoms with Crippen LogP contribution in [0.25, 0.3) is 0 Å². The highest BCUT2D eigenvalue weighted by Gasteiger charge is 2.46. The fourth-order valence-electron chi connectivity index (χ4n) is 6.43. The Kier molecular flexibility index (Phi) is 13.6. The average molecular weight is 778 g/mol. The first kappa shape index (κ1) is 41.1. The van der Waals surface area contributed by atoms with E-state index in [1.54, 1.807) is 35.6 Å². The molecule has 0 bridgehead atoms. The zero-order valence-electron chi connectivity index (χ0n) is 31.5. The standard InChI is InChI=1S/C38H47N7O11/c1-6-11-56-38(52)45-27-19-32(31(53-5)18-26(27)36(50)44-20-23(2)15-30(44)37(45)51)55-12-7-8-33(47)40-24-16-29(43(4)21-24)35(49)41-25-17-28(42(3)22-25)34(48)39-9-13-54-14-10-46/h6,16-19,21-22,30,37,46,51H,1-2,7-15,20H2,3-5H3,(H,39,48)(H,40,47)(H,41,49)/t30-,37?/m0/s1. The number of anilines is 3. The smallest absolute Gasteiger partial charge is 0.416 e. The predicted molar refractivity (Wildman–Crippen MR) is 204 cm³/mol. The average Bonchev–Trinajstić information content (AvgIpc) is 3.85. The summed E-state index contributed by atoms with van der Waals surface area (Å²) in [6.07, 6.45) is 2.86. The molecule has 18 heteroatoms. The van der Waals surface area contributed by atoms with E-state index in [1.165, 1.54) is 42.4 Å². The van der Waals surface area contributed by atoms with Crippen molar-refractivity contribution in [3.8, 4) is 11.5 Å². The number of rotatable bonds is 17. The van der Waals surface area contributed by atoms with Crippen LogP contribution in [-0.2, 0) is 28.4 Å². The minimum absolute atomic E-state index is 0.0455. The first-order valence-corrected chi connectivity index (χ1v) is 17.8. The van der Waals surface area contributed by atoms with Crippen LogP contribution in [-0.4, -0.2) is 119 Å². The molecule has 5 rings (SSSR count). The summed E-state index contributed by atoms with van der Waals surface area (Å²) in [7, 11) is 4.73. The molecule has 1 saturated heterocycles. The minimum atomic E-state index is -1.44. The SMILES string of the molecule is C=CCOC(=O)N1c2cc(OCCCC(=O)Nc3cc(C(=O)Nc4cc(C(=O)NCCOCCO)n(C)c4)n(C)c3)c(OC)cc2C(=O)N2CC(=C)C[C@H]2C1O. The molecule has 300 valence electrons. The number of benzene rings is 1. The molecule has 1 fully saturated rings. The van der Waals surface area contributed by atoms with Crippen molar-refractivity contribution in [3.63, 3.8) is 0 Å². The van der Waals surface area contributed by atoms with Crippen molar-refractivity contribution >= 4 is 46.8 Å². The van der Waals surface area contributed by atoms with E-state index in [4.69, 9.17) is 24.1 Å². The Morgan fingerprint density at radius 1 is 0.964 bits per heavy atom. The summed E-state index contributed by atoms with van der Waals surface area (Å²) in [4.78, 5) is 67.9. The van der Waals surface area contributed by atoms with Gasteiger partial charge in [-0.15, -0.1) is 0 Å². The third kappa shape index (κ3) is 9.39. The fourth-order valence-corrected chi connectivity index (χ4v) is 6.43. The molecule has 2 aliphatic rings. The number of hydrogen-bond acceptors (Lipinski definition) is 11. The normalized spacial score (nSPS) is 16.1. The van der Waals surface area contributed by atoms with Crippen LogP contribution < -0.4 is 30.3 Å². The van der Waals surface area contributed by atoms with Gasteiger partial charge in [0.1, 0.15) is 18.0 Å². The van der Waals surface area contributed by atoms with Crippen molar-refractivity contribution in [1.29, 1.82) is 0 Å². The number of aryl methyl sites for hydroxylation is 2. The number of nitrogens with one attached hydrogen (secondary N) is 3. The van der Waals surface area contributed by atoms with Gasteiger partial charge >= 0.3 is 6.09 Å². The lowest BCUT2D eigenvalue weighted by molar-refractivity contribution is -0.116. The molecule has 5 amide bonds. The molecule has 2 atom stereocenters. The molecule has 56 heavy (non-hydrogen) atoms. The van der Waals surface area contributed by atoms with E-state index in [2.05, 4.69) is 29.1 Å². The highest BCUT2D eigenvalue weighted by atomic mass is 16.6. The van der Waals surface area contributed by atoms with Crippen LogP contribution >= 0.6 is 0 Å². The van der Waals surface area contributed by atoms with Gasteiger partial charge in [-0.25, -0.2) is 9.69 Å². The molecule has 0 spiro atoms. The number of aromatic nitrogens is 2. The summed E-state index contributed by atoms with van der Waals surface area (Å²) in [5.74, 6) is -1.20. The Balaban J connectivity index is 1.18. The zero-order valence-corrected chi connectivity index (χ0v) is 31.5. The number of carbonyl (C=O) groups excluding carboxylic acids is 5. The van der Waals surface area contributed by atoms with Gasteiger partial charge in [0.15, 0.2) is 17.7 Å². The van der Waals surface area contributed by atoms with Gasteiger partial charge in [-0.05, 0) is 31.0 Å². The molecule has 1 unspecified atom stereocenters. The third-order valence-corrected chi connectivity index (χ3v) is 9.05. The summed E-state index contributed by atoms with van der Waals surface area (Å²) in [5, 5.41) is 28.4. The van der Waals surface area contributed by atoms with Gasteiger partial charge in [-0.2, -0.15) is 0 Å². The van der Waals surface area contributed by atoms with Crippen LogP contribution in [0, 0.1) is 0 Å². The van der Waals surface area contributed by atoms with Crippen LogP contribution in [0.1, 0.15) is 50.6 Å². The maximum atomic E-state index is 13.7. The van der Waals surface area contributed by atoms with Crippen LogP contribution in [0.4, 0.5) is 21.9 Å². The van der Waals surface area contributed by atoms with E-state index < -0.39 is 30.2 Å². The van der Waals surface area contributed by atoms with E-state index in [-0.39, 0.29) is 99.2 Å². The number of amides is 5. The van der Waals surface area contributed by atoms with Gasteiger partial charge in [0.2, 0.25) is 5.91 Å². The molecule has 5 N–H and O–H groups in total. The van der Waals surface area contributed by atoms with Crippen LogP contribution in [0.3, 0.4) is 0 Å². The number of nitrogens with zero attached hydrogens (tertiary/aromatic N) is 4. The molecular formula is C38H47N7O11. The number of aliphatic hydroxyl groups excluding tert-OH is 2. The van der Waals surface area contributed by atoms with E-state index in [9.17, 15) is 29.1 Å². The van der Waals surface area contributed by atoms with Crippen molar-refractivity contribution in [1.82, 2.24) is 19.4 Å². The highest BCUT2D eigenvalue weighted by molar-refractivity contribution is 6.07. The number of ether oxygens (including phenoxy) is 4. The van der Waals surface area contributed by atoms with Crippen LogP contribution in [0.2, 0.25) is 0 Å². The zero-order chi connectivity index (χ0) is 40.5. The lowest BCUT2D eigenvalue weighted by Gasteiger charge is -2.31. The molecular weight excluding hydrogens is 730 g/mol.